The molecule has 0 unspecified atom stereocenters. The lowest BCUT2D eigenvalue weighted by atomic mass is 9.69. The van der Waals surface area contributed by atoms with E-state index in [0.29, 0.717) is 0 Å². The first-order valence-corrected chi connectivity index (χ1v) is 12.7. The van der Waals surface area contributed by atoms with Crippen molar-refractivity contribution < 1.29 is 9.53 Å². The van der Waals surface area contributed by atoms with Crippen molar-refractivity contribution in [1.82, 2.24) is 0 Å². The van der Waals surface area contributed by atoms with Gasteiger partial charge in [0.05, 0.1) is 17.4 Å². The molecule has 0 amide bonds. The molecule has 0 aromatic heterocycles. The Balaban J connectivity index is 1.66. The van der Waals surface area contributed by atoms with Crippen molar-refractivity contribution in [3.63, 3.8) is 0 Å². The monoisotopic (exact) mass is 403 g/mol. The normalized spacial score (nSPS) is 29.9. The number of rotatable bonds is 12. The van der Waals surface area contributed by atoms with E-state index in [0.717, 1.165) is 57.3 Å². The third-order valence-corrected chi connectivity index (χ3v) is 7.56. The molecule has 0 spiro atoms. The van der Waals surface area contributed by atoms with Crippen molar-refractivity contribution in [3.8, 4) is 6.07 Å². The first kappa shape index (κ1) is 24.2. The third-order valence-electron chi connectivity index (χ3n) is 7.56. The largest absolute Gasteiger partial charge is 0.462 e. The van der Waals surface area contributed by atoms with E-state index in [9.17, 15) is 10.1 Å². The molecular weight excluding hydrogens is 358 g/mol. The minimum absolute atomic E-state index is 0.0221. The van der Waals surface area contributed by atoms with Gasteiger partial charge in [-0.3, -0.25) is 4.79 Å². The third kappa shape index (κ3) is 8.31. The number of unbranched alkanes of at least 4 members (excludes halogenated alkanes) is 6. The van der Waals surface area contributed by atoms with E-state index in [-0.39, 0.29) is 23.4 Å². The van der Waals surface area contributed by atoms with Crippen molar-refractivity contribution in [2.45, 2.75) is 136 Å². The number of hydrogen-bond donors (Lipinski definition) is 0. The number of nitriles is 1. The van der Waals surface area contributed by atoms with E-state index in [4.69, 9.17) is 4.74 Å². The lowest BCUT2D eigenvalue weighted by Crippen LogP contribution is -2.33. The molecule has 166 valence electrons. The van der Waals surface area contributed by atoms with Crippen molar-refractivity contribution >= 4 is 5.97 Å². The maximum atomic E-state index is 12.7. The van der Waals surface area contributed by atoms with Crippen LogP contribution >= 0.6 is 0 Å². The van der Waals surface area contributed by atoms with Gasteiger partial charge in [-0.25, -0.2) is 0 Å². The Morgan fingerprint density at radius 2 is 1.52 bits per heavy atom. The standard InChI is InChI=1S/C26H45NO2/c1-3-5-7-8-10-18-26(21-27)19-16-23(17-20-26)25(28)29-24-14-12-22(13-15-24)11-9-6-4-2/h22-24H,3-20H2,1-2H3/t22-,23-,24-,26+. The molecule has 29 heavy (non-hydrogen) atoms. The van der Waals surface area contributed by atoms with Crippen LogP contribution in [-0.2, 0) is 9.53 Å². The van der Waals surface area contributed by atoms with Crippen LogP contribution in [0.15, 0.2) is 0 Å². The summed E-state index contributed by atoms with van der Waals surface area (Å²) in [4.78, 5) is 12.7. The molecule has 0 aromatic rings. The molecule has 0 aromatic carbocycles. The Morgan fingerprint density at radius 3 is 2.14 bits per heavy atom. The van der Waals surface area contributed by atoms with E-state index in [1.807, 2.05) is 0 Å². The fourth-order valence-corrected chi connectivity index (χ4v) is 5.37. The minimum Gasteiger partial charge on any atom is -0.462 e. The molecule has 0 aliphatic heterocycles. The fraction of sp³-hybridized carbons (Fsp3) is 0.923. The SMILES string of the molecule is CCCCCCC[C@]1(C#N)CC[C@@H](C(=O)O[C@H]2CC[C@H](CCCCC)CC2)CC1. The summed E-state index contributed by atoms with van der Waals surface area (Å²) in [7, 11) is 0. The van der Waals surface area contributed by atoms with Crippen molar-refractivity contribution in [2.24, 2.45) is 17.3 Å². The zero-order chi connectivity index (χ0) is 21.0. The van der Waals surface area contributed by atoms with Gasteiger partial charge in [-0.2, -0.15) is 5.26 Å². The van der Waals surface area contributed by atoms with Crippen LogP contribution in [0.1, 0.15) is 129 Å². The van der Waals surface area contributed by atoms with Gasteiger partial charge in [0, 0.05) is 0 Å². The zero-order valence-electron chi connectivity index (χ0n) is 19.2. The van der Waals surface area contributed by atoms with E-state index in [1.165, 1.54) is 64.2 Å². The summed E-state index contributed by atoms with van der Waals surface area (Å²) < 4.78 is 5.91. The average Bonchev–Trinajstić information content (AvgIpc) is 2.75. The van der Waals surface area contributed by atoms with Crippen LogP contribution in [0.25, 0.3) is 0 Å². The number of nitrogens with zero attached hydrogens (tertiary/aromatic N) is 1. The van der Waals surface area contributed by atoms with Gasteiger partial charge in [0.1, 0.15) is 6.10 Å². The molecule has 0 N–H and O–H groups in total. The maximum Gasteiger partial charge on any atom is 0.309 e. The van der Waals surface area contributed by atoms with Gasteiger partial charge in [-0.1, -0.05) is 71.6 Å². The summed E-state index contributed by atoms with van der Waals surface area (Å²) in [5.41, 5.74) is -0.181. The Morgan fingerprint density at radius 1 is 0.897 bits per heavy atom. The Bertz CT molecular complexity index is 493. The quantitative estimate of drug-likeness (QED) is 0.247. The number of hydrogen-bond acceptors (Lipinski definition) is 3. The highest BCUT2D eigenvalue weighted by atomic mass is 16.5. The number of carbonyl (C=O) groups is 1. The minimum atomic E-state index is -0.181. The molecule has 3 nitrogen and oxygen atoms in total. The molecule has 0 saturated heterocycles. The summed E-state index contributed by atoms with van der Waals surface area (Å²) in [5, 5.41) is 9.77. The highest BCUT2D eigenvalue weighted by Crippen LogP contribution is 2.43. The summed E-state index contributed by atoms with van der Waals surface area (Å²) in [6, 6.07) is 2.62. The van der Waals surface area contributed by atoms with Gasteiger partial charge >= 0.3 is 5.97 Å². The fourth-order valence-electron chi connectivity index (χ4n) is 5.37. The Labute approximate surface area is 180 Å². The first-order valence-electron chi connectivity index (χ1n) is 12.7. The van der Waals surface area contributed by atoms with E-state index in [2.05, 4.69) is 19.9 Å². The van der Waals surface area contributed by atoms with Gasteiger partial charge in [0.25, 0.3) is 0 Å². The Hall–Kier alpha value is -1.04. The summed E-state index contributed by atoms with van der Waals surface area (Å²) >= 11 is 0. The number of esters is 1. The molecule has 3 heteroatoms. The molecule has 2 fully saturated rings. The topological polar surface area (TPSA) is 50.1 Å². The smallest absolute Gasteiger partial charge is 0.309 e. The van der Waals surface area contributed by atoms with Crippen LogP contribution in [0.2, 0.25) is 0 Å². The molecule has 2 aliphatic carbocycles. The van der Waals surface area contributed by atoms with Crippen LogP contribution in [0, 0.1) is 28.6 Å². The van der Waals surface area contributed by atoms with Crippen molar-refractivity contribution in [3.05, 3.63) is 0 Å². The van der Waals surface area contributed by atoms with Crippen LogP contribution in [-0.4, -0.2) is 12.1 Å². The second-order valence-electron chi connectivity index (χ2n) is 9.91. The van der Waals surface area contributed by atoms with E-state index >= 15 is 0 Å². The van der Waals surface area contributed by atoms with Crippen molar-refractivity contribution in [2.75, 3.05) is 0 Å². The highest BCUT2D eigenvalue weighted by molar-refractivity contribution is 5.72. The second kappa shape index (κ2) is 13.3. The summed E-state index contributed by atoms with van der Waals surface area (Å²) in [6.07, 6.45) is 20.7. The summed E-state index contributed by atoms with van der Waals surface area (Å²) in [6.45, 7) is 4.49. The molecule has 0 heterocycles. The van der Waals surface area contributed by atoms with Gasteiger partial charge in [0.2, 0.25) is 0 Å². The van der Waals surface area contributed by atoms with Crippen LogP contribution < -0.4 is 0 Å². The van der Waals surface area contributed by atoms with E-state index in [1.54, 1.807) is 0 Å². The second-order valence-corrected chi connectivity index (χ2v) is 9.91. The van der Waals surface area contributed by atoms with Crippen LogP contribution in [0.3, 0.4) is 0 Å². The van der Waals surface area contributed by atoms with E-state index < -0.39 is 0 Å². The Kier molecular flexibility index (Phi) is 11.1. The van der Waals surface area contributed by atoms with Gasteiger partial charge in [-0.15, -0.1) is 0 Å². The zero-order valence-corrected chi connectivity index (χ0v) is 19.2. The van der Waals surface area contributed by atoms with Crippen molar-refractivity contribution in [1.29, 1.82) is 5.26 Å². The molecule has 2 saturated carbocycles. The molecular formula is C26H45NO2. The first-order chi connectivity index (χ1) is 14.1. The predicted molar refractivity (Wildman–Crippen MR) is 119 cm³/mol. The van der Waals surface area contributed by atoms with Gasteiger partial charge < -0.3 is 4.74 Å². The number of carbonyl (C=O) groups excluding carboxylic acids is 1. The molecule has 0 radical (unpaired) electrons. The average molecular weight is 404 g/mol. The number of ether oxygens (including phenoxy) is 1. The maximum absolute atomic E-state index is 12.7. The summed E-state index contributed by atoms with van der Waals surface area (Å²) in [5.74, 6) is 0.896. The predicted octanol–water partition coefficient (Wildman–Crippen LogP) is 7.73. The molecule has 0 bridgehead atoms. The molecule has 0 atom stereocenters. The lowest BCUT2D eigenvalue weighted by molar-refractivity contribution is -0.157. The van der Waals surface area contributed by atoms with Gasteiger partial charge in [0.15, 0.2) is 0 Å². The van der Waals surface area contributed by atoms with Gasteiger partial charge in [-0.05, 0) is 63.7 Å². The molecule has 2 aliphatic rings. The molecule has 2 rings (SSSR count). The van der Waals surface area contributed by atoms with Crippen LogP contribution in [0.4, 0.5) is 0 Å². The highest BCUT2D eigenvalue weighted by Gasteiger charge is 2.38. The van der Waals surface area contributed by atoms with Crippen LogP contribution in [0.5, 0.6) is 0 Å². The lowest BCUT2D eigenvalue weighted by Gasteiger charge is -2.35.